The van der Waals surface area contributed by atoms with Gasteiger partial charge in [-0.3, -0.25) is 4.79 Å². The van der Waals surface area contributed by atoms with Crippen molar-refractivity contribution < 1.29 is 13.9 Å². The minimum Gasteiger partial charge on any atom is -0.497 e. The van der Waals surface area contributed by atoms with Gasteiger partial charge in [0.15, 0.2) is 5.76 Å². The van der Waals surface area contributed by atoms with E-state index in [1.165, 1.54) is 6.42 Å². The van der Waals surface area contributed by atoms with E-state index in [1.807, 2.05) is 25.1 Å². The zero-order valence-electron chi connectivity index (χ0n) is 12.1. The number of hydrogen-bond donors (Lipinski definition) is 0. The molecular formula is C17H20O3. The molecule has 1 saturated carbocycles. The third kappa shape index (κ3) is 2.21. The van der Waals surface area contributed by atoms with Crippen LogP contribution >= 0.6 is 0 Å². The van der Waals surface area contributed by atoms with Crippen LogP contribution < -0.4 is 4.74 Å². The monoisotopic (exact) mass is 272 g/mol. The molecule has 106 valence electrons. The van der Waals surface area contributed by atoms with Gasteiger partial charge < -0.3 is 9.15 Å². The lowest BCUT2D eigenvalue weighted by molar-refractivity contribution is 0.0862. The van der Waals surface area contributed by atoms with Crippen LogP contribution in [0.2, 0.25) is 0 Å². The molecule has 2 aromatic rings. The van der Waals surface area contributed by atoms with Crippen molar-refractivity contribution in [2.45, 2.75) is 39.0 Å². The van der Waals surface area contributed by atoms with E-state index in [-0.39, 0.29) is 11.7 Å². The number of methoxy groups -OCH3 is 1. The van der Waals surface area contributed by atoms with Gasteiger partial charge in [0.25, 0.3) is 0 Å². The molecule has 1 aliphatic rings. The van der Waals surface area contributed by atoms with Crippen molar-refractivity contribution in [3.8, 4) is 5.75 Å². The molecule has 1 aliphatic carbocycles. The van der Waals surface area contributed by atoms with Crippen LogP contribution in [0.5, 0.6) is 5.75 Å². The maximum Gasteiger partial charge on any atom is 0.201 e. The number of ether oxygens (including phenoxy) is 1. The highest BCUT2D eigenvalue weighted by atomic mass is 16.5. The molecule has 0 radical (unpaired) electrons. The lowest BCUT2D eigenvalue weighted by Crippen LogP contribution is -2.17. The minimum atomic E-state index is 0.143. The quantitative estimate of drug-likeness (QED) is 0.771. The first-order valence-corrected chi connectivity index (χ1v) is 7.32. The van der Waals surface area contributed by atoms with Gasteiger partial charge in [-0.1, -0.05) is 19.3 Å². The summed E-state index contributed by atoms with van der Waals surface area (Å²) < 4.78 is 11.0. The summed E-state index contributed by atoms with van der Waals surface area (Å²) in [7, 11) is 1.63. The van der Waals surface area contributed by atoms with Crippen molar-refractivity contribution in [1.29, 1.82) is 0 Å². The number of aryl methyl sites for hydroxylation is 1. The van der Waals surface area contributed by atoms with Crippen LogP contribution in [0.3, 0.4) is 0 Å². The first-order valence-electron chi connectivity index (χ1n) is 7.32. The van der Waals surface area contributed by atoms with E-state index in [1.54, 1.807) is 7.11 Å². The summed E-state index contributed by atoms with van der Waals surface area (Å²) in [5, 5.41) is 1.00. The summed E-state index contributed by atoms with van der Waals surface area (Å²) in [6, 6.07) is 5.71. The Kier molecular flexibility index (Phi) is 3.51. The highest BCUT2D eigenvalue weighted by molar-refractivity contribution is 6.01. The highest BCUT2D eigenvalue weighted by Crippen LogP contribution is 2.33. The fourth-order valence-electron chi connectivity index (χ4n) is 3.12. The maximum atomic E-state index is 12.6. The zero-order chi connectivity index (χ0) is 14.1. The Morgan fingerprint density at radius 1 is 1.25 bits per heavy atom. The molecule has 0 spiro atoms. The molecule has 0 bridgehead atoms. The van der Waals surface area contributed by atoms with Crippen LogP contribution in [0.1, 0.15) is 48.2 Å². The molecule has 0 N–H and O–H groups in total. The van der Waals surface area contributed by atoms with E-state index < -0.39 is 0 Å². The van der Waals surface area contributed by atoms with E-state index in [9.17, 15) is 4.79 Å². The molecule has 0 amide bonds. The Balaban J connectivity index is 1.98. The summed E-state index contributed by atoms with van der Waals surface area (Å²) in [6.45, 7) is 1.97. The normalized spacial score (nSPS) is 16.5. The van der Waals surface area contributed by atoms with Gasteiger partial charge >= 0.3 is 0 Å². The lowest BCUT2D eigenvalue weighted by Gasteiger charge is -2.19. The van der Waals surface area contributed by atoms with E-state index in [2.05, 4.69) is 0 Å². The Labute approximate surface area is 118 Å². The summed E-state index contributed by atoms with van der Waals surface area (Å²) in [6.07, 6.45) is 5.56. The molecule has 20 heavy (non-hydrogen) atoms. The van der Waals surface area contributed by atoms with Crippen LogP contribution in [0.25, 0.3) is 11.0 Å². The first kappa shape index (κ1) is 13.2. The number of rotatable bonds is 3. The smallest absolute Gasteiger partial charge is 0.201 e. The van der Waals surface area contributed by atoms with E-state index >= 15 is 0 Å². The Morgan fingerprint density at radius 3 is 2.70 bits per heavy atom. The average Bonchev–Trinajstić information content (AvgIpc) is 2.84. The maximum absolute atomic E-state index is 12.6. The first-order chi connectivity index (χ1) is 9.70. The number of ketones is 1. The third-order valence-electron chi connectivity index (χ3n) is 4.35. The molecule has 3 nitrogen and oxygen atoms in total. The van der Waals surface area contributed by atoms with Crippen LogP contribution in [0, 0.1) is 12.8 Å². The number of fused-ring (bicyclic) bond motifs is 1. The van der Waals surface area contributed by atoms with Gasteiger partial charge in [0.1, 0.15) is 11.3 Å². The molecule has 1 fully saturated rings. The second-order valence-corrected chi connectivity index (χ2v) is 5.62. The summed E-state index contributed by atoms with van der Waals surface area (Å²) in [5.74, 6) is 1.62. The SMILES string of the molecule is COc1ccc2c(C)c(C(=O)C3CCCCC3)oc2c1. The van der Waals surface area contributed by atoms with Crippen molar-refractivity contribution in [2.75, 3.05) is 7.11 Å². The molecule has 0 atom stereocenters. The van der Waals surface area contributed by atoms with Gasteiger partial charge in [0, 0.05) is 22.9 Å². The molecule has 3 heteroatoms. The van der Waals surface area contributed by atoms with Gasteiger partial charge in [-0.05, 0) is 31.9 Å². The van der Waals surface area contributed by atoms with E-state index in [0.29, 0.717) is 5.76 Å². The van der Waals surface area contributed by atoms with Gasteiger partial charge in [-0.2, -0.15) is 0 Å². The number of hydrogen-bond acceptors (Lipinski definition) is 3. The molecule has 3 rings (SSSR count). The Morgan fingerprint density at radius 2 is 2.00 bits per heavy atom. The van der Waals surface area contributed by atoms with Crippen molar-refractivity contribution in [3.63, 3.8) is 0 Å². The van der Waals surface area contributed by atoms with Crippen LogP contribution in [-0.2, 0) is 0 Å². The molecule has 0 unspecified atom stereocenters. The molecule has 1 heterocycles. The number of Topliss-reactive ketones (excluding diaryl/α,β-unsaturated/α-hetero) is 1. The predicted molar refractivity (Wildman–Crippen MR) is 78.4 cm³/mol. The van der Waals surface area contributed by atoms with E-state index in [4.69, 9.17) is 9.15 Å². The van der Waals surface area contributed by atoms with Gasteiger partial charge in [-0.15, -0.1) is 0 Å². The standard InChI is InChI=1S/C17H20O3/c1-11-14-9-8-13(19-2)10-15(14)20-17(11)16(18)12-6-4-3-5-7-12/h8-10,12H,3-7H2,1-2H3. The molecule has 1 aromatic carbocycles. The largest absolute Gasteiger partial charge is 0.497 e. The van der Waals surface area contributed by atoms with Gasteiger partial charge in [-0.25, -0.2) is 0 Å². The number of carbonyl (C=O) groups is 1. The fraction of sp³-hybridized carbons (Fsp3) is 0.471. The second-order valence-electron chi connectivity index (χ2n) is 5.62. The third-order valence-corrected chi connectivity index (χ3v) is 4.35. The topological polar surface area (TPSA) is 39.4 Å². The molecular weight excluding hydrogens is 252 g/mol. The Bertz CT molecular complexity index is 633. The van der Waals surface area contributed by atoms with Crippen LogP contribution in [0.4, 0.5) is 0 Å². The molecule has 1 aromatic heterocycles. The predicted octanol–water partition coefficient (Wildman–Crippen LogP) is 4.51. The summed E-state index contributed by atoms with van der Waals surface area (Å²) in [5.41, 5.74) is 1.69. The van der Waals surface area contributed by atoms with Gasteiger partial charge in [0.05, 0.1) is 7.11 Å². The fourth-order valence-corrected chi connectivity index (χ4v) is 3.12. The second kappa shape index (κ2) is 5.31. The van der Waals surface area contributed by atoms with Crippen molar-refractivity contribution in [2.24, 2.45) is 5.92 Å². The summed E-state index contributed by atoms with van der Waals surface area (Å²) >= 11 is 0. The van der Waals surface area contributed by atoms with Crippen molar-refractivity contribution >= 4 is 16.8 Å². The highest BCUT2D eigenvalue weighted by Gasteiger charge is 2.27. The molecule has 0 aliphatic heterocycles. The zero-order valence-corrected chi connectivity index (χ0v) is 12.1. The van der Waals surface area contributed by atoms with E-state index in [0.717, 1.165) is 48.0 Å². The van der Waals surface area contributed by atoms with Gasteiger partial charge in [0.2, 0.25) is 5.78 Å². The molecule has 0 saturated heterocycles. The number of carbonyl (C=O) groups excluding carboxylic acids is 1. The van der Waals surface area contributed by atoms with Crippen molar-refractivity contribution in [3.05, 3.63) is 29.5 Å². The number of benzene rings is 1. The number of furan rings is 1. The van der Waals surface area contributed by atoms with Crippen LogP contribution in [-0.4, -0.2) is 12.9 Å². The van der Waals surface area contributed by atoms with Crippen LogP contribution in [0.15, 0.2) is 22.6 Å². The Hall–Kier alpha value is -1.77. The summed E-state index contributed by atoms with van der Waals surface area (Å²) in [4.78, 5) is 12.6. The lowest BCUT2D eigenvalue weighted by atomic mass is 9.85. The average molecular weight is 272 g/mol. The minimum absolute atomic E-state index is 0.143. The van der Waals surface area contributed by atoms with Crippen molar-refractivity contribution in [1.82, 2.24) is 0 Å².